The summed E-state index contributed by atoms with van der Waals surface area (Å²) in [4.78, 5) is 8.74. The van der Waals surface area contributed by atoms with Crippen LogP contribution in [-0.2, 0) is 10.3 Å². The van der Waals surface area contributed by atoms with Crippen molar-refractivity contribution in [1.82, 2.24) is 4.98 Å². The first-order valence-corrected chi connectivity index (χ1v) is 10.1. The molecule has 2 aliphatic rings. The average Bonchev–Trinajstić information content (AvgIpc) is 2.66. The number of aromatic nitrogens is 1. The van der Waals surface area contributed by atoms with Gasteiger partial charge in [-0.3, -0.25) is 4.99 Å². The Kier molecular flexibility index (Phi) is 4.84. The van der Waals surface area contributed by atoms with Gasteiger partial charge in [-0.2, -0.15) is 0 Å². The molecule has 0 unspecified atom stereocenters. The van der Waals surface area contributed by atoms with Crippen LogP contribution in [-0.4, -0.2) is 23.0 Å². The molecule has 0 radical (unpaired) electrons. The Morgan fingerprint density at radius 3 is 2.60 bits per heavy atom. The van der Waals surface area contributed by atoms with Gasteiger partial charge in [0.1, 0.15) is 22.9 Å². The second kappa shape index (κ2) is 7.01. The average molecular weight is 415 g/mol. The number of ether oxygens (including phenoxy) is 2. The summed E-state index contributed by atoms with van der Waals surface area (Å²) in [6.07, 6.45) is 2.91. The molecule has 1 fully saturated rings. The zero-order valence-electron chi connectivity index (χ0n) is 17.7. The van der Waals surface area contributed by atoms with Gasteiger partial charge in [0.15, 0.2) is 5.82 Å². The fourth-order valence-corrected chi connectivity index (χ4v) is 4.51. The lowest BCUT2D eigenvalue weighted by Crippen LogP contribution is -2.56. The van der Waals surface area contributed by atoms with Gasteiger partial charge >= 0.3 is 0 Å². The predicted molar refractivity (Wildman–Crippen MR) is 111 cm³/mol. The molecule has 4 rings (SSSR count). The minimum Gasteiger partial charge on any atom is -0.436 e. The molecule has 0 aliphatic carbocycles. The Hall–Kier alpha value is -2.54. The first-order valence-electron chi connectivity index (χ1n) is 10.1. The fraction of sp³-hybridized carbons (Fsp3) is 0.478. The van der Waals surface area contributed by atoms with Crippen molar-refractivity contribution in [2.75, 3.05) is 6.61 Å². The molecule has 2 aliphatic heterocycles. The maximum Gasteiger partial charge on any atom is 0.255 e. The summed E-state index contributed by atoms with van der Waals surface area (Å²) in [5, 5.41) is 0. The van der Waals surface area contributed by atoms with E-state index in [1.807, 2.05) is 13.8 Å². The number of benzene rings is 1. The summed E-state index contributed by atoms with van der Waals surface area (Å²) < 4.78 is 40.8. The van der Waals surface area contributed by atoms with Crippen LogP contribution in [0.5, 0.6) is 11.6 Å². The maximum absolute atomic E-state index is 15.1. The second-order valence-corrected chi connectivity index (χ2v) is 9.49. The summed E-state index contributed by atoms with van der Waals surface area (Å²) in [5.74, 6) is -0.404. The number of fused-ring (bicyclic) bond motifs is 1. The van der Waals surface area contributed by atoms with Gasteiger partial charge in [0.2, 0.25) is 0 Å². The van der Waals surface area contributed by atoms with E-state index in [-0.39, 0.29) is 35.2 Å². The van der Waals surface area contributed by atoms with E-state index in [0.717, 1.165) is 6.42 Å². The van der Waals surface area contributed by atoms with Crippen LogP contribution in [0.2, 0.25) is 0 Å². The zero-order valence-corrected chi connectivity index (χ0v) is 17.7. The molecule has 30 heavy (non-hydrogen) atoms. The van der Waals surface area contributed by atoms with Crippen molar-refractivity contribution >= 4 is 5.84 Å². The summed E-state index contributed by atoms with van der Waals surface area (Å²) in [6, 6.07) is 7.05. The van der Waals surface area contributed by atoms with Gasteiger partial charge in [-0.25, -0.2) is 13.8 Å². The molecule has 0 bridgehead atoms. The first kappa shape index (κ1) is 20.7. The Morgan fingerprint density at radius 1 is 1.10 bits per heavy atom. The molecule has 2 N–H and O–H groups in total. The number of halogens is 2. The van der Waals surface area contributed by atoms with Gasteiger partial charge in [0.25, 0.3) is 5.88 Å². The van der Waals surface area contributed by atoms with E-state index in [0.29, 0.717) is 17.8 Å². The number of hydrogen-bond donors (Lipinski definition) is 1. The van der Waals surface area contributed by atoms with E-state index < -0.39 is 17.2 Å². The Labute approximate surface area is 175 Å². The number of nitrogens with zero attached hydrogens (tertiary/aromatic N) is 2. The lowest BCUT2D eigenvalue weighted by atomic mass is 9.63. The molecule has 5 nitrogen and oxygen atoms in total. The lowest BCUT2D eigenvalue weighted by molar-refractivity contribution is -0.123. The highest BCUT2D eigenvalue weighted by Crippen LogP contribution is 2.53. The van der Waals surface area contributed by atoms with Gasteiger partial charge in [-0.05, 0) is 62.9 Å². The minimum absolute atomic E-state index is 0.0277. The van der Waals surface area contributed by atoms with Crippen LogP contribution in [0.4, 0.5) is 8.78 Å². The molecule has 0 amide bonds. The monoisotopic (exact) mass is 415 g/mol. The summed E-state index contributed by atoms with van der Waals surface area (Å²) in [6.45, 7) is 8.38. The summed E-state index contributed by atoms with van der Waals surface area (Å²) >= 11 is 0. The number of rotatable bonds is 3. The largest absolute Gasteiger partial charge is 0.436 e. The van der Waals surface area contributed by atoms with Gasteiger partial charge in [0.05, 0.1) is 12.2 Å². The van der Waals surface area contributed by atoms with Crippen LogP contribution in [0.15, 0.2) is 41.5 Å². The topological polar surface area (TPSA) is 69.7 Å². The highest BCUT2D eigenvalue weighted by atomic mass is 19.1. The molecule has 1 saturated heterocycles. The van der Waals surface area contributed by atoms with Gasteiger partial charge in [-0.15, -0.1) is 0 Å². The molecule has 0 saturated carbocycles. The van der Waals surface area contributed by atoms with Crippen LogP contribution >= 0.6 is 0 Å². The highest BCUT2D eigenvalue weighted by Gasteiger charge is 2.54. The quantitative estimate of drug-likeness (QED) is 0.770. The molecule has 0 spiro atoms. The SMILES string of the molecule is CC1(C)C[C@H]2CC(C)(C)C(N)=N[C@@]2(c2cc(Oc3ncccc3F)ccc2F)CO1. The number of nitrogens with two attached hydrogens (primary N) is 1. The van der Waals surface area contributed by atoms with Crippen molar-refractivity contribution in [1.29, 1.82) is 0 Å². The van der Waals surface area contributed by atoms with Crippen molar-refractivity contribution in [3.8, 4) is 11.6 Å². The number of pyridine rings is 1. The van der Waals surface area contributed by atoms with E-state index in [4.69, 9.17) is 20.2 Å². The van der Waals surface area contributed by atoms with E-state index in [2.05, 4.69) is 18.8 Å². The number of aliphatic imine (C=N–C) groups is 1. The third-order valence-electron chi connectivity index (χ3n) is 6.21. The fourth-order valence-electron chi connectivity index (χ4n) is 4.51. The van der Waals surface area contributed by atoms with Gasteiger partial charge in [-0.1, -0.05) is 13.8 Å². The second-order valence-electron chi connectivity index (χ2n) is 9.49. The van der Waals surface area contributed by atoms with Crippen molar-refractivity contribution in [3.63, 3.8) is 0 Å². The van der Waals surface area contributed by atoms with Crippen LogP contribution < -0.4 is 10.5 Å². The summed E-state index contributed by atoms with van der Waals surface area (Å²) in [5.41, 5.74) is 5.08. The van der Waals surface area contributed by atoms with Crippen molar-refractivity contribution < 1.29 is 18.3 Å². The standard InChI is InChI=1S/C23H27F2N3O2/c1-21(2)11-14-12-22(3,4)29-13-23(14,28-20(21)26)16-10-15(7-8-17(16)24)30-19-18(25)6-5-9-27-19/h5-10,14H,11-13H2,1-4H3,(H2,26,28)/t14-,23+/m1/s1. The highest BCUT2D eigenvalue weighted by molar-refractivity contribution is 5.87. The molecule has 3 heterocycles. The van der Waals surface area contributed by atoms with Gasteiger partial charge in [0, 0.05) is 17.2 Å². The number of hydrogen-bond acceptors (Lipinski definition) is 5. The van der Waals surface area contributed by atoms with Crippen LogP contribution in [0, 0.1) is 23.0 Å². The molecule has 2 aromatic rings. The maximum atomic E-state index is 15.1. The smallest absolute Gasteiger partial charge is 0.255 e. The van der Waals surface area contributed by atoms with Crippen LogP contribution in [0.3, 0.4) is 0 Å². The zero-order chi connectivity index (χ0) is 21.7. The first-order chi connectivity index (χ1) is 14.0. The van der Waals surface area contributed by atoms with Crippen molar-refractivity contribution in [2.24, 2.45) is 22.1 Å². The predicted octanol–water partition coefficient (Wildman–Crippen LogP) is 4.95. The van der Waals surface area contributed by atoms with Crippen LogP contribution in [0.1, 0.15) is 46.1 Å². The molecular weight excluding hydrogens is 388 g/mol. The van der Waals surface area contributed by atoms with E-state index in [1.54, 1.807) is 6.07 Å². The molecule has 2 atom stereocenters. The Bertz CT molecular complexity index is 1010. The normalized spacial score (nSPS) is 27.1. The number of amidine groups is 1. The molecular formula is C23H27F2N3O2. The molecule has 1 aromatic heterocycles. The van der Waals surface area contributed by atoms with Gasteiger partial charge < -0.3 is 15.2 Å². The Balaban J connectivity index is 1.80. The van der Waals surface area contributed by atoms with Crippen molar-refractivity contribution in [3.05, 3.63) is 53.7 Å². The van der Waals surface area contributed by atoms with Crippen LogP contribution in [0.25, 0.3) is 0 Å². The van der Waals surface area contributed by atoms with E-state index >= 15 is 4.39 Å². The lowest BCUT2D eigenvalue weighted by Gasteiger charge is -2.52. The minimum atomic E-state index is -0.957. The molecule has 7 heteroatoms. The van der Waals surface area contributed by atoms with E-state index in [1.165, 1.54) is 30.5 Å². The van der Waals surface area contributed by atoms with Crippen molar-refractivity contribution in [2.45, 2.75) is 51.7 Å². The van der Waals surface area contributed by atoms with E-state index in [9.17, 15) is 4.39 Å². The molecule has 1 aromatic carbocycles. The third-order valence-corrected chi connectivity index (χ3v) is 6.21. The third kappa shape index (κ3) is 3.55. The summed E-state index contributed by atoms with van der Waals surface area (Å²) in [7, 11) is 0. The molecule has 160 valence electrons. The Morgan fingerprint density at radius 2 is 1.87 bits per heavy atom.